The predicted octanol–water partition coefficient (Wildman–Crippen LogP) is 1.55. The molecule has 2 aliphatic rings. The normalized spacial score (nSPS) is 22.2. The van der Waals surface area contributed by atoms with Crippen LogP contribution in [0.5, 0.6) is 0 Å². The van der Waals surface area contributed by atoms with Crippen molar-refractivity contribution in [2.75, 3.05) is 39.3 Å². The predicted molar refractivity (Wildman–Crippen MR) is 109 cm³/mol. The molecule has 0 aliphatic carbocycles. The standard InChI is InChI=1S/C22H33N3O3/c1-17-5-3-4-6-19(17)14-24-10-7-22(8-11-24)9-12-25(15-20(22)16-26)21(28)13-23-18(2)27/h3-6,20,26H,7-16H2,1-2H3,(H,23,27)/t20-/m1/s1. The average Bonchev–Trinajstić information content (AvgIpc) is 2.70. The Balaban J connectivity index is 1.56. The van der Waals surface area contributed by atoms with Crippen LogP contribution in [0.3, 0.4) is 0 Å². The molecule has 2 heterocycles. The summed E-state index contributed by atoms with van der Waals surface area (Å²) in [6.07, 6.45) is 3.07. The molecule has 6 heteroatoms. The Morgan fingerprint density at radius 1 is 1.18 bits per heavy atom. The van der Waals surface area contributed by atoms with E-state index in [4.69, 9.17) is 0 Å². The van der Waals surface area contributed by atoms with Crippen molar-refractivity contribution in [3.8, 4) is 0 Å². The number of carbonyl (C=O) groups excluding carboxylic acids is 2. The maximum Gasteiger partial charge on any atom is 0.241 e. The fourth-order valence-corrected chi connectivity index (χ4v) is 4.75. The van der Waals surface area contributed by atoms with E-state index in [9.17, 15) is 14.7 Å². The van der Waals surface area contributed by atoms with E-state index >= 15 is 0 Å². The molecular formula is C22H33N3O3. The Bertz CT molecular complexity index is 698. The van der Waals surface area contributed by atoms with Crippen LogP contribution in [-0.4, -0.2) is 66.1 Å². The first-order valence-electron chi connectivity index (χ1n) is 10.3. The van der Waals surface area contributed by atoms with E-state index in [-0.39, 0.29) is 36.3 Å². The summed E-state index contributed by atoms with van der Waals surface area (Å²) in [5, 5.41) is 12.6. The lowest BCUT2D eigenvalue weighted by Crippen LogP contribution is -2.55. The summed E-state index contributed by atoms with van der Waals surface area (Å²) in [7, 11) is 0. The number of nitrogens with zero attached hydrogens (tertiary/aromatic N) is 2. The van der Waals surface area contributed by atoms with Gasteiger partial charge in [0, 0.05) is 39.1 Å². The summed E-state index contributed by atoms with van der Waals surface area (Å²) in [5.74, 6) is -0.134. The summed E-state index contributed by atoms with van der Waals surface area (Å²) in [6, 6.07) is 8.55. The molecule has 1 atom stereocenters. The lowest BCUT2D eigenvalue weighted by molar-refractivity contribution is -0.138. The van der Waals surface area contributed by atoms with Crippen LogP contribution in [0.2, 0.25) is 0 Å². The van der Waals surface area contributed by atoms with Crippen LogP contribution in [0.1, 0.15) is 37.3 Å². The van der Waals surface area contributed by atoms with Crippen LogP contribution in [0, 0.1) is 18.3 Å². The highest BCUT2D eigenvalue weighted by atomic mass is 16.3. The third kappa shape index (κ3) is 4.73. The largest absolute Gasteiger partial charge is 0.396 e. The second-order valence-electron chi connectivity index (χ2n) is 8.44. The zero-order valence-corrected chi connectivity index (χ0v) is 17.1. The van der Waals surface area contributed by atoms with E-state index in [1.807, 2.05) is 4.90 Å². The third-order valence-electron chi connectivity index (χ3n) is 6.76. The van der Waals surface area contributed by atoms with Crippen molar-refractivity contribution >= 4 is 11.8 Å². The first kappa shape index (κ1) is 20.8. The van der Waals surface area contributed by atoms with Crippen LogP contribution in [0.25, 0.3) is 0 Å². The molecule has 1 aromatic rings. The number of aliphatic hydroxyl groups is 1. The van der Waals surface area contributed by atoms with Gasteiger partial charge in [-0.25, -0.2) is 0 Å². The third-order valence-corrected chi connectivity index (χ3v) is 6.76. The van der Waals surface area contributed by atoms with E-state index in [1.54, 1.807) is 0 Å². The molecule has 2 saturated heterocycles. The topological polar surface area (TPSA) is 72.9 Å². The SMILES string of the molecule is CC(=O)NCC(=O)N1CCC2(CCN(Cc3ccccc3C)CC2)[C@@H](CO)C1. The summed E-state index contributed by atoms with van der Waals surface area (Å²) in [4.78, 5) is 27.7. The second-order valence-corrected chi connectivity index (χ2v) is 8.44. The number of hydrogen-bond donors (Lipinski definition) is 2. The minimum atomic E-state index is -0.193. The van der Waals surface area contributed by atoms with Crippen molar-refractivity contribution < 1.29 is 14.7 Å². The summed E-state index contributed by atoms with van der Waals surface area (Å²) in [6.45, 7) is 8.09. The van der Waals surface area contributed by atoms with E-state index in [2.05, 4.69) is 41.4 Å². The molecule has 0 unspecified atom stereocenters. The number of aryl methyl sites for hydroxylation is 1. The Hall–Kier alpha value is -1.92. The molecular weight excluding hydrogens is 354 g/mol. The molecule has 0 bridgehead atoms. The van der Waals surface area contributed by atoms with Gasteiger partial charge >= 0.3 is 0 Å². The molecule has 2 aliphatic heterocycles. The van der Waals surface area contributed by atoms with Crippen LogP contribution < -0.4 is 5.32 Å². The Labute approximate surface area is 167 Å². The molecule has 0 saturated carbocycles. The van der Waals surface area contributed by atoms with Gasteiger partial charge in [0.2, 0.25) is 11.8 Å². The van der Waals surface area contributed by atoms with Crippen molar-refractivity contribution in [3.05, 3.63) is 35.4 Å². The van der Waals surface area contributed by atoms with Gasteiger partial charge in [0.25, 0.3) is 0 Å². The molecule has 1 spiro atoms. The van der Waals surface area contributed by atoms with Crippen molar-refractivity contribution in [3.63, 3.8) is 0 Å². The molecule has 1 aromatic carbocycles. The van der Waals surface area contributed by atoms with Crippen LogP contribution in [0.15, 0.2) is 24.3 Å². The van der Waals surface area contributed by atoms with Gasteiger partial charge < -0.3 is 15.3 Å². The quantitative estimate of drug-likeness (QED) is 0.804. The Morgan fingerprint density at radius 3 is 2.50 bits per heavy atom. The van der Waals surface area contributed by atoms with Gasteiger partial charge in [0.15, 0.2) is 0 Å². The molecule has 0 radical (unpaired) electrons. The molecule has 2 amide bonds. The number of amides is 2. The van der Waals surface area contributed by atoms with Gasteiger partial charge in [-0.2, -0.15) is 0 Å². The van der Waals surface area contributed by atoms with Crippen LogP contribution >= 0.6 is 0 Å². The number of piperidine rings is 2. The Morgan fingerprint density at radius 2 is 1.86 bits per heavy atom. The fourth-order valence-electron chi connectivity index (χ4n) is 4.75. The molecule has 3 rings (SSSR count). The maximum absolute atomic E-state index is 12.3. The highest BCUT2D eigenvalue weighted by Gasteiger charge is 2.45. The summed E-state index contributed by atoms with van der Waals surface area (Å²) >= 11 is 0. The molecule has 154 valence electrons. The van der Waals surface area contributed by atoms with Crippen molar-refractivity contribution in [2.24, 2.45) is 11.3 Å². The lowest BCUT2D eigenvalue weighted by Gasteiger charge is -2.51. The molecule has 2 N–H and O–H groups in total. The number of rotatable bonds is 5. The van der Waals surface area contributed by atoms with Gasteiger partial charge in [-0.3, -0.25) is 14.5 Å². The second kappa shape index (κ2) is 9.05. The van der Waals surface area contributed by atoms with E-state index in [1.165, 1.54) is 18.1 Å². The summed E-state index contributed by atoms with van der Waals surface area (Å²) < 4.78 is 0. The van der Waals surface area contributed by atoms with Gasteiger partial charge in [-0.05, 0) is 55.8 Å². The highest BCUT2D eigenvalue weighted by molar-refractivity contribution is 5.83. The number of carbonyl (C=O) groups is 2. The maximum atomic E-state index is 12.3. The van der Waals surface area contributed by atoms with Crippen molar-refractivity contribution in [2.45, 2.75) is 39.7 Å². The minimum absolute atomic E-state index is 0.0463. The smallest absolute Gasteiger partial charge is 0.241 e. The van der Waals surface area contributed by atoms with Crippen LogP contribution in [0.4, 0.5) is 0 Å². The monoisotopic (exact) mass is 387 g/mol. The zero-order chi connectivity index (χ0) is 20.1. The van der Waals surface area contributed by atoms with Gasteiger partial charge in [-0.1, -0.05) is 24.3 Å². The van der Waals surface area contributed by atoms with E-state index in [0.29, 0.717) is 13.1 Å². The molecule has 6 nitrogen and oxygen atoms in total. The number of benzene rings is 1. The summed E-state index contributed by atoms with van der Waals surface area (Å²) in [5.41, 5.74) is 2.85. The average molecular weight is 388 g/mol. The fraction of sp³-hybridized carbons (Fsp3) is 0.636. The number of hydrogen-bond acceptors (Lipinski definition) is 4. The van der Waals surface area contributed by atoms with Crippen molar-refractivity contribution in [1.82, 2.24) is 15.1 Å². The first-order valence-corrected chi connectivity index (χ1v) is 10.3. The molecule has 2 fully saturated rings. The van der Waals surface area contributed by atoms with E-state index < -0.39 is 0 Å². The molecule has 0 aromatic heterocycles. The van der Waals surface area contributed by atoms with Crippen LogP contribution in [-0.2, 0) is 16.1 Å². The minimum Gasteiger partial charge on any atom is -0.396 e. The molecule has 28 heavy (non-hydrogen) atoms. The number of nitrogens with one attached hydrogen (secondary N) is 1. The number of aliphatic hydroxyl groups excluding tert-OH is 1. The van der Waals surface area contributed by atoms with Gasteiger partial charge in [0.05, 0.1) is 6.54 Å². The lowest BCUT2D eigenvalue weighted by atomic mass is 9.64. The highest BCUT2D eigenvalue weighted by Crippen LogP contribution is 2.45. The van der Waals surface area contributed by atoms with Crippen molar-refractivity contribution in [1.29, 1.82) is 0 Å². The zero-order valence-electron chi connectivity index (χ0n) is 17.1. The number of likely N-dealkylation sites (tertiary alicyclic amines) is 2. The van der Waals surface area contributed by atoms with Gasteiger partial charge in [-0.15, -0.1) is 0 Å². The van der Waals surface area contributed by atoms with E-state index in [0.717, 1.165) is 38.9 Å². The van der Waals surface area contributed by atoms with Gasteiger partial charge in [0.1, 0.15) is 0 Å². The first-order chi connectivity index (χ1) is 13.4. The Kier molecular flexibility index (Phi) is 6.73.